The quantitative estimate of drug-likeness (QED) is 0.737. The van der Waals surface area contributed by atoms with Gasteiger partial charge in [-0.2, -0.15) is 4.31 Å². The molecule has 2 aromatic carbocycles. The van der Waals surface area contributed by atoms with E-state index in [1.54, 1.807) is 25.1 Å². The third-order valence-corrected chi connectivity index (χ3v) is 7.48. The first kappa shape index (κ1) is 20.8. The molecular formula is C22H27N3O4S. The van der Waals surface area contributed by atoms with Crippen LogP contribution in [-0.2, 0) is 32.4 Å². The van der Waals surface area contributed by atoms with Gasteiger partial charge >= 0.3 is 0 Å². The summed E-state index contributed by atoms with van der Waals surface area (Å²) in [7, 11) is -3.61. The van der Waals surface area contributed by atoms with Gasteiger partial charge in [0, 0.05) is 24.5 Å². The molecule has 0 radical (unpaired) electrons. The van der Waals surface area contributed by atoms with Crippen molar-refractivity contribution in [3.8, 4) is 0 Å². The maximum Gasteiger partial charge on any atom is 0.246 e. The number of sulfonamides is 1. The van der Waals surface area contributed by atoms with E-state index in [0.717, 1.165) is 18.5 Å². The Labute approximate surface area is 177 Å². The minimum Gasteiger partial charge on any atom is -0.379 e. The number of carbonyl (C=O) groups is 1. The van der Waals surface area contributed by atoms with Crippen molar-refractivity contribution in [1.29, 1.82) is 0 Å². The molecule has 0 unspecified atom stereocenters. The smallest absolute Gasteiger partial charge is 0.246 e. The first-order valence-corrected chi connectivity index (χ1v) is 11.7. The molecule has 1 aliphatic carbocycles. The normalized spacial score (nSPS) is 17.9. The number of morpholine rings is 1. The predicted octanol–water partition coefficient (Wildman–Crippen LogP) is 2.64. The highest BCUT2D eigenvalue weighted by atomic mass is 32.2. The van der Waals surface area contributed by atoms with Crippen LogP contribution in [0.2, 0.25) is 0 Å². The van der Waals surface area contributed by atoms with E-state index in [-0.39, 0.29) is 10.8 Å². The van der Waals surface area contributed by atoms with Gasteiger partial charge in [-0.25, -0.2) is 8.42 Å². The van der Waals surface area contributed by atoms with E-state index in [2.05, 4.69) is 22.8 Å². The zero-order valence-electron chi connectivity index (χ0n) is 17.1. The molecule has 2 aliphatic rings. The lowest BCUT2D eigenvalue weighted by molar-refractivity contribution is -0.116. The van der Waals surface area contributed by atoms with E-state index < -0.39 is 16.1 Å². The van der Waals surface area contributed by atoms with Crippen LogP contribution in [0.15, 0.2) is 47.4 Å². The van der Waals surface area contributed by atoms with E-state index in [1.165, 1.54) is 27.9 Å². The van der Waals surface area contributed by atoms with Crippen molar-refractivity contribution in [2.24, 2.45) is 0 Å². The SMILES string of the molecule is C[C@@H](Nc1ccc2c(c1)CCC2)C(=O)Nc1cccc(S(=O)(=O)N2CCOCC2)c1. The average molecular weight is 430 g/mol. The number of aryl methyl sites for hydroxylation is 2. The number of hydrogen-bond acceptors (Lipinski definition) is 5. The van der Waals surface area contributed by atoms with Crippen LogP contribution >= 0.6 is 0 Å². The third kappa shape index (κ3) is 4.50. The Morgan fingerprint density at radius 2 is 1.80 bits per heavy atom. The molecule has 0 saturated carbocycles. The number of amides is 1. The second-order valence-electron chi connectivity index (χ2n) is 7.74. The minimum absolute atomic E-state index is 0.168. The summed E-state index contributed by atoms with van der Waals surface area (Å²) >= 11 is 0. The number of benzene rings is 2. The predicted molar refractivity (Wildman–Crippen MR) is 116 cm³/mol. The molecule has 1 aliphatic heterocycles. The number of ether oxygens (including phenoxy) is 1. The van der Waals surface area contributed by atoms with Crippen LogP contribution in [0, 0.1) is 0 Å². The Bertz CT molecular complexity index is 1030. The lowest BCUT2D eigenvalue weighted by Crippen LogP contribution is -2.40. The number of carbonyl (C=O) groups excluding carboxylic acids is 1. The lowest BCUT2D eigenvalue weighted by Gasteiger charge is -2.26. The van der Waals surface area contributed by atoms with E-state index >= 15 is 0 Å². The molecule has 2 aromatic rings. The average Bonchev–Trinajstić information content (AvgIpc) is 3.22. The maximum atomic E-state index is 12.8. The summed E-state index contributed by atoms with van der Waals surface area (Å²) in [5.41, 5.74) is 4.10. The highest BCUT2D eigenvalue weighted by molar-refractivity contribution is 7.89. The number of anilines is 2. The van der Waals surface area contributed by atoms with Crippen LogP contribution in [0.3, 0.4) is 0 Å². The Morgan fingerprint density at radius 1 is 1.03 bits per heavy atom. The van der Waals surface area contributed by atoms with Crippen molar-refractivity contribution in [2.45, 2.75) is 37.1 Å². The van der Waals surface area contributed by atoms with Gasteiger partial charge in [0.2, 0.25) is 15.9 Å². The van der Waals surface area contributed by atoms with Gasteiger partial charge in [0.1, 0.15) is 6.04 Å². The fourth-order valence-electron chi connectivity index (χ4n) is 3.90. The molecule has 8 heteroatoms. The van der Waals surface area contributed by atoms with Crippen molar-refractivity contribution >= 4 is 27.3 Å². The largest absolute Gasteiger partial charge is 0.379 e. The van der Waals surface area contributed by atoms with Gasteiger partial charge in [-0.3, -0.25) is 4.79 Å². The second kappa shape index (κ2) is 8.75. The van der Waals surface area contributed by atoms with Gasteiger partial charge in [0.15, 0.2) is 0 Å². The fraction of sp³-hybridized carbons (Fsp3) is 0.409. The number of hydrogen-bond donors (Lipinski definition) is 2. The zero-order chi connectivity index (χ0) is 21.1. The maximum absolute atomic E-state index is 12.8. The Kier molecular flexibility index (Phi) is 6.08. The number of rotatable bonds is 6. The monoisotopic (exact) mass is 429 g/mol. The van der Waals surface area contributed by atoms with E-state index in [0.29, 0.717) is 32.0 Å². The van der Waals surface area contributed by atoms with Crippen molar-refractivity contribution in [3.05, 3.63) is 53.6 Å². The first-order valence-electron chi connectivity index (χ1n) is 10.3. The first-order chi connectivity index (χ1) is 14.4. The third-order valence-electron chi connectivity index (χ3n) is 5.58. The molecule has 0 spiro atoms. The molecule has 7 nitrogen and oxygen atoms in total. The van der Waals surface area contributed by atoms with Crippen molar-refractivity contribution in [2.75, 3.05) is 36.9 Å². The molecule has 0 aromatic heterocycles. The van der Waals surface area contributed by atoms with Crippen molar-refractivity contribution in [3.63, 3.8) is 0 Å². The summed E-state index contributed by atoms with van der Waals surface area (Å²) < 4.78 is 32.3. The van der Waals surface area contributed by atoms with Crippen molar-refractivity contribution < 1.29 is 17.9 Å². The van der Waals surface area contributed by atoms with Gasteiger partial charge in [0.05, 0.1) is 18.1 Å². The minimum atomic E-state index is -3.61. The molecule has 1 saturated heterocycles. The molecule has 1 heterocycles. The molecule has 1 fully saturated rings. The van der Waals surface area contributed by atoms with E-state index in [9.17, 15) is 13.2 Å². The molecule has 30 heavy (non-hydrogen) atoms. The summed E-state index contributed by atoms with van der Waals surface area (Å²) in [6, 6.07) is 12.2. The highest BCUT2D eigenvalue weighted by Crippen LogP contribution is 2.25. The molecule has 2 N–H and O–H groups in total. The summed E-state index contributed by atoms with van der Waals surface area (Å²) in [6.07, 6.45) is 3.38. The Hall–Kier alpha value is -2.42. The lowest BCUT2D eigenvalue weighted by atomic mass is 10.1. The van der Waals surface area contributed by atoms with Crippen LogP contribution in [0.25, 0.3) is 0 Å². The summed E-state index contributed by atoms with van der Waals surface area (Å²) in [4.78, 5) is 12.8. The van der Waals surface area contributed by atoms with Crippen molar-refractivity contribution in [1.82, 2.24) is 4.31 Å². The number of nitrogens with zero attached hydrogens (tertiary/aromatic N) is 1. The Morgan fingerprint density at radius 3 is 2.60 bits per heavy atom. The van der Waals surface area contributed by atoms with E-state index in [4.69, 9.17) is 4.74 Å². The molecule has 1 atom stereocenters. The fourth-order valence-corrected chi connectivity index (χ4v) is 5.35. The van der Waals surface area contributed by atoms with Gasteiger partial charge in [-0.1, -0.05) is 12.1 Å². The van der Waals surface area contributed by atoms with Gasteiger partial charge in [-0.05, 0) is 67.6 Å². The van der Waals surface area contributed by atoms with Crippen LogP contribution in [0.5, 0.6) is 0 Å². The standard InChI is InChI=1S/C22H27N3O4S/c1-16(23-20-9-8-17-4-2-5-18(17)14-20)22(26)24-19-6-3-7-21(15-19)30(27,28)25-10-12-29-13-11-25/h3,6-9,14-16,23H,2,4-5,10-13H2,1H3,(H,24,26)/t16-/m1/s1. The highest BCUT2D eigenvalue weighted by Gasteiger charge is 2.26. The van der Waals surface area contributed by atoms with E-state index in [1.807, 2.05) is 6.07 Å². The molecule has 160 valence electrons. The molecular weight excluding hydrogens is 402 g/mol. The number of fused-ring (bicyclic) bond motifs is 1. The van der Waals surface area contributed by atoms with Crippen LogP contribution in [-0.4, -0.2) is 51.0 Å². The molecule has 4 rings (SSSR count). The second-order valence-corrected chi connectivity index (χ2v) is 9.67. The summed E-state index contributed by atoms with van der Waals surface area (Å²) in [6.45, 7) is 3.24. The topological polar surface area (TPSA) is 87.7 Å². The number of nitrogens with one attached hydrogen (secondary N) is 2. The van der Waals surface area contributed by atoms with Gasteiger partial charge in [-0.15, -0.1) is 0 Å². The summed E-state index contributed by atoms with van der Waals surface area (Å²) in [5, 5.41) is 6.06. The van der Waals surface area contributed by atoms with Crippen LogP contribution in [0.1, 0.15) is 24.5 Å². The zero-order valence-corrected chi connectivity index (χ0v) is 17.9. The van der Waals surface area contributed by atoms with Crippen LogP contribution < -0.4 is 10.6 Å². The van der Waals surface area contributed by atoms with Gasteiger partial charge in [0.25, 0.3) is 0 Å². The molecule has 1 amide bonds. The van der Waals surface area contributed by atoms with Gasteiger partial charge < -0.3 is 15.4 Å². The molecule has 0 bridgehead atoms. The summed E-state index contributed by atoms with van der Waals surface area (Å²) in [5.74, 6) is -0.226. The van der Waals surface area contributed by atoms with Crippen LogP contribution in [0.4, 0.5) is 11.4 Å². The Balaban J connectivity index is 1.42.